The Balaban J connectivity index is 1.55. The van der Waals surface area contributed by atoms with Gasteiger partial charge < -0.3 is 10.2 Å². The Labute approximate surface area is 158 Å². The zero-order chi connectivity index (χ0) is 18.6. The lowest BCUT2D eigenvalue weighted by Gasteiger charge is -2.33. The van der Waals surface area contributed by atoms with Gasteiger partial charge in [0.2, 0.25) is 0 Å². The van der Waals surface area contributed by atoms with Crippen LogP contribution < -0.4 is 5.32 Å². The minimum absolute atomic E-state index is 0.148. The van der Waals surface area contributed by atoms with E-state index < -0.39 is 5.41 Å². The highest BCUT2D eigenvalue weighted by atomic mass is 16.7. The number of nitrogens with one attached hydrogen (secondary N) is 1. The Morgan fingerprint density at radius 1 is 1.04 bits per heavy atom. The number of hydroxylamine groups is 2. The zero-order valence-electron chi connectivity index (χ0n) is 16.6. The minimum Gasteiger partial charge on any atom is -0.382 e. The highest BCUT2D eigenvalue weighted by Gasteiger charge is 2.29. The maximum Gasteiger partial charge on any atom is 0.330 e. The van der Waals surface area contributed by atoms with Crippen molar-refractivity contribution in [3.63, 3.8) is 0 Å². The van der Waals surface area contributed by atoms with Crippen LogP contribution in [0.2, 0.25) is 0 Å². The van der Waals surface area contributed by atoms with Crippen LogP contribution in [0.5, 0.6) is 0 Å². The molecule has 0 amide bonds. The predicted molar refractivity (Wildman–Crippen MR) is 106 cm³/mol. The molecule has 1 atom stereocenters. The first-order valence-electron chi connectivity index (χ1n) is 10.3. The summed E-state index contributed by atoms with van der Waals surface area (Å²) >= 11 is 0. The van der Waals surface area contributed by atoms with Gasteiger partial charge >= 0.3 is 5.97 Å². The number of piperidine rings is 1. The summed E-state index contributed by atoms with van der Waals surface area (Å²) in [6.45, 7) is 7.31. The van der Waals surface area contributed by atoms with Crippen LogP contribution in [-0.4, -0.2) is 30.2 Å². The molecule has 4 nitrogen and oxygen atoms in total. The van der Waals surface area contributed by atoms with E-state index in [1.54, 1.807) is 0 Å². The van der Waals surface area contributed by atoms with Gasteiger partial charge in [0.05, 0.1) is 5.41 Å². The molecule has 0 bridgehead atoms. The number of hydrogen-bond acceptors (Lipinski definition) is 4. The van der Waals surface area contributed by atoms with Crippen LogP contribution in [0.1, 0.15) is 77.2 Å². The Kier molecular flexibility index (Phi) is 6.23. The Morgan fingerprint density at radius 2 is 1.73 bits per heavy atom. The largest absolute Gasteiger partial charge is 0.382 e. The van der Waals surface area contributed by atoms with Gasteiger partial charge in [-0.25, -0.2) is 4.79 Å². The van der Waals surface area contributed by atoms with Crippen molar-refractivity contribution < 1.29 is 9.63 Å². The highest BCUT2D eigenvalue weighted by molar-refractivity contribution is 5.75. The van der Waals surface area contributed by atoms with Crippen LogP contribution in [0.15, 0.2) is 24.3 Å². The summed E-state index contributed by atoms with van der Waals surface area (Å²) in [7, 11) is 0. The van der Waals surface area contributed by atoms with Crippen molar-refractivity contribution in [3.05, 3.63) is 29.8 Å². The SMILES string of the molecule is CC(C)(C)C(=O)ON1CCCC(c2ccc(NC3CCCCC3)cc2)C1. The predicted octanol–water partition coefficient (Wildman–Crippen LogP) is 5.11. The van der Waals surface area contributed by atoms with Crippen molar-refractivity contribution in [1.82, 2.24) is 5.06 Å². The molecule has 1 heterocycles. The van der Waals surface area contributed by atoms with Crippen LogP contribution in [0, 0.1) is 5.41 Å². The molecular formula is C22H34N2O2. The standard InChI is InChI=1S/C22H34N2O2/c1-22(2,3)21(25)26-24-15-7-8-18(16-24)17-11-13-20(14-12-17)23-19-9-5-4-6-10-19/h11-14,18-19,23H,4-10,15-16H2,1-3H3. The summed E-state index contributed by atoms with van der Waals surface area (Å²) in [5, 5.41) is 5.54. The number of hydrogen-bond donors (Lipinski definition) is 1. The van der Waals surface area contributed by atoms with Gasteiger partial charge in [-0.15, -0.1) is 5.06 Å². The van der Waals surface area contributed by atoms with Crippen molar-refractivity contribution >= 4 is 11.7 Å². The summed E-state index contributed by atoms with van der Waals surface area (Å²) in [4.78, 5) is 17.8. The maximum absolute atomic E-state index is 12.1. The minimum atomic E-state index is -0.459. The van der Waals surface area contributed by atoms with Gasteiger partial charge in [0.15, 0.2) is 0 Å². The molecule has 1 aliphatic carbocycles. The van der Waals surface area contributed by atoms with E-state index in [1.807, 2.05) is 25.8 Å². The number of anilines is 1. The molecule has 0 spiro atoms. The number of carbonyl (C=O) groups excluding carboxylic acids is 1. The van der Waals surface area contributed by atoms with E-state index in [1.165, 1.54) is 43.4 Å². The van der Waals surface area contributed by atoms with Crippen LogP contribution in [-0.2, 0) is 9.63 Å². The molecule has 1 aliphatic heterocycles. The van der Waals surface area contributed by atoms with E-state index in [4.69, 9.17) is 4.84 Å². The summed E-state index contributed by atoms with van der Waals surface area (Å²) in [6.07, 6.45) is 8.87. The molecule has 144 valence electrons. The van der Waals surface area contributed by atoms with E-state index in [9.17, 15) is 4.79 Å². The maximum atomic E-state index is 12.1. The third-order valence-corrected chi connectivity index (χ3v) is 5.57. The molecule has 1 saturated carbocycles. The van der Waals surface area contributed by atoms with E-state index in [0.29, 0.717) is 12.0 Å². The van der Waals surface area contributed by atoms with Gasteiger partial charge in [0.25, 0.3) is 0 Å². The second-order valence-electron chi connectivity index (χ2n) is 8.96. The van der Waals surface area contributed by atoms with Crippen molar-refractivity contribution in [2.75, 3.05) is 18.4 Å². The third kappa shape index (κ3) is 5.23. The van der Waals surface area contributed by atoms with Crippen LogP contribution in [0.3, 0.4) is 0 Å². The molecule has 3 rings (SSSR count). The number of rotatable bonds is 4. The van der Waals surface area contributed by atoms with E-state index in [2.05, 4.69) is 29.6 Å². The first-order valence-corrected chi connectivity index (χ1v) is 10.3. The molecule has 1 N–H and O–H groups in total. The normalized spacial score (nSPS) is 22.8. The lowest BCUT2D eigenvalue weighted by Crippen LogP contribution is -2.39. The van der Waals surface area contributed by atoms with Gasteiger partial charge in [-0.2, -0.15) is 0 Å². The van der Waals surface area contributed by atoms with Crippen molar-refractivity contribution in [1.29, 1.82) is 0 Å². The van der Waals surface area contributed by atoms with Crippen molar-refractivity contribution in [3.8, 4) is 0 Å². The molecule has 1 aromatic rings. The second-order valence-corrected chi connectivity index (χ2v) is 8.96. The fourth-order valence-corrected chi connectivity index (χ4v) is 3.89. The fraction of sp³-hybridized carbons (Fsp3) is 0.682. The molecule has 26 heavy (non-hydrogen) atoms. The topological polar surface area (TPSA) is 41.6 Å². The van der Waals surface area contributed by atoms with E-state index in [-0.39, 0.29) is 5.97 Å². The molecule has 4 heteroatoms. The van der Waals surface area contributed by atoms with Crippen LogP contribution >= 0.6 is 0 Å². The number of benzene rings is 1. The summed E-state index contributed by atoms with van der Waals surface area (Å²) < 4.78 is 0. The van der Waals surface area contributed by atoms with Gasteiger partial charge in [0, 0.05) is 24.8 Å². The summed E-state index contributed by atoms with van der Waals surface area (Å²) in [6, 6.07) is 9.54. The Bertz CT molecular complexity index is 585. The number of carbonyl (C=O) groups is 1. The smallest absolute Gasteiger partial charge is 0.330 e. The molecule has 2 aliphatic rings. The zero-order valence-corrected chi connectivity index (χ0v) is 16.6. The third-order valence-electron chi connectivity index (χ3n) is 5.57. The average Bonchev–Trinajstić information content (AvgIpc) is 2.63. The molecule has 1 unspecified atom stereocenters. The van der Waals surface area contributed by atoms with Crippen molar-refractivity contribution in [2.24, 2.45) is 5.41 Å². The molecule has 0 radical (unpaired) electrons. The van der Waals surface area contributed by atoms with Gasteiger partial charge in [-0.3, -0.25) is 0 Å². The van der Waals surface area contributed by atoms with E-state index >= 15 is 0 Å². The first kappa shape index (κ1) is 19.2. The lowest BCUT2D eigenvalue weighted by atomic mass is 9.91. The summed E-state index contributed by atoms with van der Waals surface area (Å²) in [5.41, 5.74) is 2.11. The monoisotopic (exact) mass is 358 g/mol. The first-order chi connectivity index (χ1) is 12.4. The average molecular weight is 359 g/mol. The van der Waals surface area contributed by atoms with Crippen molar-refractivity contribution in [2.45, 2.75) is 77.7 Å². The molecular weight excluding hydrogens is 324 g/mol. The van der Waals surface area contributed by atoms with Gasteiger partial charge in [0.1, 0.15) is 0 Å². The summed E-state index contributed by atoms with van der Waals surface area (Å²) in [5.74, 6) is 0.283. The van der Waals surface area contributed by atoms with Gasteiger partial charge in [-0.05, 0) is 70.1 Å². The lowest BCUT2D eigenvalue weighted by molar-refractivity contribution is -0.205. The quantitative estimate of drug-likeness (QED) is 0.811. The molecule has 2 fully saturated rings. The van der Waals surface area contributed by atoms with Crippen LogP contribution in [0.25, 0.3) is 0 Å². The second kappa shape index (κ2) is 8.43. The molecule has 1 saturated heterocycles. The highest BCUT2D eigenvalue weighted by Crippen LogP contribution is 2.29. The van der Waals surface area contributed by atoms with Crippen LogP contribution in [0.4, 0.5) is 5.69 Å². The fourth-order valence-electron chi connectivity index (χ4n) is 3.89. The Hall–Kier alpha value is -1.55. The number of nitrogens with zero attached hydrogens (tertiary/aromatic N) is 1. The van der Waals surface area contributed by atoms with Gasteiger partial charge in [-0.1, -0.05) is 31.4 Å². The van der Waals surface area contributed by atoms with E-state index in [0.717, 1.165) is 25.9 Å². The molecule has 0 aromatic heterocycles. The Morgan fingerprint density at radius 3 is 2.38 bits per heavy atom. The molecule has 1 aromatic carbocycles.